The van der Waals surface area contributed by atoms with E-state index in [-0.39, 0.29) is 23.7 Å². The molecule has 0 radical (unpaired) electrons. The number of ether oxygens (including phenoxy) is 3. The first-order valence-corrected chi connectivity index (χ1v) is 5.58. The zero-order valence-corrected chi connectivity index (χ0v) is 10.3. The molecule has 94 valence electrons. The van der Waals surface area contributed by atoms with Gasteiger partial charge in [-0.25, -0.2) is 4.79 Å². The number of hydrogen-bond donors (Lipinski definition) is 0. The fraction of sp³-hybridized carbons (Fsp3) is 0.545. The summed E-state index contributed by atoms with van der Waals surface area (Å²) in [7, 11) is 0. The second-order valence-corrected chi connectivity index (χ2v) is 4.53. The van der Waals surface area contributed by atoms with Gasteiger partial charge in [0, 0.05) is 0 Å². The number of halogens is 1. The molecule has 1 atom stereocenters. The molecular weight excluding hydrogens is 248 g/mol. The van der Waals surface area contributed by atoms with E-state index in [1.54, 1.807) is 13.8 Å². The third kappa shape index (κ3) is 3.21. The Bertz CT molecular complexity index is 412. The molecule has 6 heteroatoms. The van der Waals surface area contributed by atoms with Crippen LogP contribution in [-0.4, -0.2) is 31.1 Å². The molecule has 0 amide bonds. The van der Waals surface area contributed by atoms with E-state index in [0.717, 1.165) is 0 Å². The van der Waals surface area contributed by atoms with E-state index in [0.29, 0.717) is 6.61 Å². The first-order valence-electron chi connectivity index (χ1n) is 5.20. The van der Waals surface area contributed by atoms with Gasteiger partial charge in [-0.1, -0.05) is 0 Å². The Labute approximate surface area is 104 Å². The van der Waals surface area contributed by atoms with Gasteiger partial charge in [-0.2, -0.15) is 0 Å². The lowest BCUT2D eigenvalue weighted by molar-refractivity contribution is -0.142. The molecule has 17 heavy (non-hydrogen) atoms. The van der Waals surface area contributed by atoms with Crippen molar-refractivity contribution >= 4 is 17.6 Å². The summed E-state index contributed by atoms with van der Waals surface area (Å²) in [4.78, 5) is 11.5. The highest BCUT2D eigenvalue weighted by Crippen LogP contribution is 2.22. The van der Waals surface area contributed by atoms with Gasteiger partial charge in [0.1, 0.15) is 12.7 Å². The Kier molecular flexibility index (Phi) is 3.42. The average molecular weight is 261 g/mol. The maximum absolute atomic E-state index is 11.5. The molecule has 5 nitrogen and oxygen atoms in total. The molecule has 2 heterocycles. The summed E-state index contributed by atoms with van der Waals surface area (Å²) in [6.45, 7) is 4.14. The molecule has 2 rings (SSSR count). The number of esters is 1. The first-order chi connectivity index (χ1) is 7.96. The Morgan fingerprint density at radius 3 is 2.88 bits per heavy atom. The molecule has 1 aromatic rings. The van der Waals surface area contributed by atoms with Crippen LogP contribution in [-0.2, 0) is 14.2 Å². The minimum atomic E-state index is -0.620. The van der Waals surface area contributed by atoms with Crippen molar-refractivity contribution in [2.24, 2.45) is 0 Å². The summed E-state index contributed by atoms with van der Waals surface area (Å²) in [6.07, 6.45) is -0.251. The lowest BCUT2D eigenvalue weighted by Crippen LogP contribution is -2.25. The van der Waals surface area contributed by atoms with Crippen LogP contribution in [0.15, 0.2) is 16.5 Å². The summed E-state index contributed by atoms with van der Waals surface area (Å²) >= 11 is 5.55. The lowest BCUT2D eigenvalue weighted by atomic mass is 10.4. The van der Waals surface area contributed by atoms with Crippen LogP contribution in [0.3, 0.4) is 0 Å². The smallest absolute Gasteiger partial charge is 0.374 e. The van der Waals surface area contributed by atoms with Crippen LogP contribution in [0, 0.1) is 0 Å². The summed E-state index contributed by atoms with van der Waals surface area (Å²) < 4.78 is 20.8. The SMILES string of the molecule is CC1(C)OC[C@@H](COC(=O)c2ccc(Cl)o2)O1. The minimum absolute atomic E-state index is 0.0770. The predicted octanol–water partition coefficient (Wildman–Crippen LogP) is 2.24. The minimum Gasteiger partial charge on any atom is -0.457 e. The number of hydrogen-bond acceptors (Lipinski definition) is 5. The van der Waals surface area contributed by atoms with Crippen molar-refractivity contribution in [1.29, 1.82) is 0 Å². The quantitative estimate of drug-likeness (QED) is 0.780. The number of furan rings is 1. The van der Waals surface area contributed by atoms with Crippen LogP contribution in [0.25, 0.3) is 0 Å². The van der Waals surface area contributed by atoms with Gasteiger partial charge in [0.05, 0.1) is 6.61 Å². The maximum Gasteiger partial charge on any atom is 0.374 e. The van der Waals surface area contributed by atoms with Crippen LogP contribution in [0.2, 0.25) is 5.22 Å². The predicted molar refractivity (Wildman–Crippen MR) is 58.9 cm³/mol. The van der Waals surface area contributed by atoms with Crippen molar-refractivity contribution in [2.45, 2.75) is 25.7 Å². The van der Waals surface area contributed by atoms with Crippen LogP contribution in [0.4, 0.5) is 0 Å². The molecule has 0 bridgehead atoms. The van der Waals surface area contributed by atoms with Gasteiger partial charge in [-0.05, 0) is 37.6 Å². The van der Waals surface area contributed by atoms with Gasteiger partial charge in [-0.3, -0.25) is 0 Å². The normalized spacial score (nSPS) is 22.6. The van der Waals surface area contributed by atoms with Gasteiger partial charge >= 0.3 is 5.97 Å². The maximum atomic E-state index is 11.5. The Morgan fingerprint density at radius 2 is 2.35 bits per heavy atom. The second kappa shape index (κ2) is 4.68. The summed E-state index contributed by atoms with van der Waals surface area (Å²) in [5, 5.41) is 0.151. The topological polar surface area (TPSA) is 57.9 Å². The lowest BCUT2D eigenvalue weighted by Gasteiger charge is -2.16. The molecule has 0 aliphatic carbocycles. The largest absolute Gasteiger partial charge is 0.457 e. The van der Waals surface area contributed by atoms with Gasteiger partial charge in [0.2, 0.25) is 5.76 Å². The van der Waals surface area contributed by atoms with Crippen LogP contribution in [0.1, 0.15) is 24.4 Å². The summed E-state index contributed by atoms with van der Waals surface area (Å²) in [5.41, 5.74) is 0. The van der Waals surface area contributed by atoms with Gasteiger partial charge < -0.3 is 18.6 Å². The van der Waals surface area contributed by atoms with Crippen molar-refractivity contribution in [3.05, 3.63) is 23.1 Å². The van der Waals surface area contributed by atoms with Crippen molar-refractivity contribution < 1.29 is 23.4 Å². The van der Waals surface area contributed by atoms with E-state index in [1.807, 2.05) is 0 Å². The molecule has 1 aromatic heterocycles. The molecular formula is C11H13ClO5. The third-order valence-corrected chi connectivity index (χ3v) is 2.45. The van der Waals surface area contributed by atoms with E-state index in [4.69, 9.17) is 30.2 Å². The Balaban J connectivity index is 1.81. The monoisotopic (exact) mass is 260 g/mol. The number of rotatable bonds is 3. The van der Waals surface area contributed by atoms with Crippen LogP contribution in [0.5, 0.6) is 0 Å². The zero-order valence-electron chi connectivity index (χ0n) is 9.57. The zero-order chi connectivity index (χ0) is 12.5. The standard InChI is InChI=1S/C11H13ClO5/c1-11(2)15-6-7(17-11)5-14-10(13)8-3-4-9(12)16-8/h3-4,7H,5-6H2,1-2H3/t7-/m1/s1. The molecule has 1 aliphatic heterocycles. The molecule has 0 saturated carbocycles. The molecule has 1 saturated heterocycles. The highest BCUT2D eigenvalue weighted by atomic mass is 35.5. The molecule has 1 fully saturated rings. The van der Waals surface area contributed by atoms with Gasteiger partial charge in [0.15, 0.2) is 11.0 Å². The first kappa shape index (κ1) is 12.4. The Morgan fingerprint density at radius 1 is 1.59 bits per heavy atom. The summed E-state index contributed by atoms with van der Waals surface area (Å²) in [6, 6.07) is 2.94. The van der Waals surface area contributed by atoms with E-state index < -0.39 is 11.8 Å². The highest BCUT2D eigenvalue weighted by Gasteiger charge is 2.33. The molecule has 0 N–H and O–H groups in total. The van der Waals surface area contributed by atoms with E-state index in [2.05, 4.69) is 0 Å². The van der Waals surface area contributed by atoms with Gasteiger partial charge in [-0.15, -0.1) is 0 Å². The molecule has 1 aliphatic rings. The fourth-order valence-electron chi connectivity index (χ4n) is 1.51. The fourth-order valence-corrected chi connectivity index (χ4v) is 1.66. The second-order valence-electron chi connectivity index (χ2n) is 4.15. The van der Waals surface area contributed by atoms with E-state index in [1.165, 1.54) is 12.1 Å². The number of carbonyl (C=O) groups is 1. The van der Waals surface area contributed by atoms with E-state index in [9.17, 15) is 4.79 Å². The number of carbonyl (C=O) groups excluding carboxylic acids is 1. The van der Waals surface area contributed by atoms with E-state index >= 15 is 0 Å². The van der Waals surface area contributed by atoms with Crippen molar-refractivity contribution in [1.82, 2.24) is 0 Å². The Hall–Kier alpha value is -1.04. The summed E-state index contributed by atoms with van der Waals surface area (Å²) in [5.74, 6) is -1.11. The molecule has 0 unspecified atom stereocenters. The molecule has 0 aromatic carbocycles. The van der Waals surface area contributed by atoms with Gasteiger partial charge in [0.25, 0.3) is 0 Å². The van der Waals surface area contributed by atoms with Crippen LogP contribution >= 0.6 is 11.6 Å². The van der Waals surface area contributed by atoms with Crippen molar-refractivity contribution in [3.63, 3.8) is 0 Å². The highest BCUT2D eigenvalue weighted by molar-refractivity contribution is 6.29. The third-order valence-electron chi connectivity index (χ3n) is 2.24. The average Bonchev–Trinajstić information content (AvgIpc) is 2.81. The molecule has 0 spiro atoms. The van der Waals surface area contributed by atoms with Crippen molar-refractivity contribution in [3.8, 4) is 0 Å². The van der Waals surface area contributed by atoms with Crippen molar-refractivity contribution in [2.75, 3.05) is 13.2 Å². The van der Waals surface area contributed by atoms with Crippen LogP contribution < -0.4 is 0 Å².